The van der Waals surface area contributed by atoms with Gasteiger partial charge in [-0.05, 0) is 5.56 Å². The van der Waals surface area contributed by atoms with Crippen LogP contribution in [0.4, 0.5) is 0 Å². The van der Waals surface area contributed by atoms with Crippen LogP contribution in [0.25, 0.3) is 0 Å². The molecule has 0 saturated carbocycles. The summed E-state index contributed by atoms with van der Waals surface area (Å²) >= 11 is 0. The topological polar surface area (TPSA) is 43.9 Å². The molecular weight excluding hydrogens is 344 g/mol. The van der Waals surface area contributed by atoms with Gasteiger partial charge in [-0.2, -0.15) is 0 Å². The summed E-state index contributed by atoms with van der Waals surface area (Å²) in [4.78, 5) is 4.23. The molecule has 1 unspecified atom stereocenters. The van der Waals surface area contributed by atoms with Crippen LogP contribution >= 0.6 is 0 Å². The van der Waals surface area contributed by atoms with Gasteiger partial charge >= 0.3 is 8.80 Å². The lowest BCUT2D eigenvalue weighted by molar-refractivity contribution is -0.688. The van der Waals surface area contributed by atoms with E-state index in [2.05, 4.69) is 58.4 Å². The highest BCUT2D eigenvalue weighted by Crippen LogP contribution is 2.40. The first kappa shape index (κ1) is 18.7. The monoisotopic (exact) mass is 369 g/mol. The molecule has 0 fully saturated rings. The highest BCUT2D eigenvalue weighted by atomic mass is 28.4. The number of benzene rings is 1. The second-order valence-electron chi connectivity index (χ2n) is 6.24. The molecule has 1 aromatic carbocycles. The first-order valence-electron chi connectivity index (χ1n) is 8.58. The van der Waals surface area contributed by atoms with Crippen LogP contribution in [0.5, 0.6) is 0 Å². The quantitative estimate of drug-likeness (QED) is 0.557. The molecule has 2 heterocycles. The maximum absolute atomic E-state index is 5.83. The average molecular weight is 370 g/mol. The molecule has 0 spiro atoms. The lowest BCUT2D eigenvalue weighted by Crippen LogP contribution is -2.61. The van der Waals surface area contributed by atoms with Crippen molar-refractivity contribution in [2.45, 2.75) is 18.0 Å². The van der Waals surface area contributed by atoms with Crippen molar-refractivity contribution in [3.8, 4) is 0 Å². The van der Waals surface area contributed by atoms with Gasteiger partial charge < -0.3 is 13.3 Å². The fourth-order valence-electron chi connectivity index (χ4n) is 3.56. The zero-order chi connectivity index (χ0) is 18.5. The largest absolute Gasteiger partial charge is 0.515 e. The van der Waals surface area contributed by atoms with Crippen LogP contribution in [-0.4, -0.2) is 36.3 Å². The summed E-state index contributed by atoms with van der Waals surface area (Å²) in [5.41, 5.74) is 2.36. The molecule has 2 aromatic rings. The molecule has 0 N–H and O–H groups in total. The molecule has 136 valence electrons. The zero-order valence-electron chi connectivity index (χ0n) is 15.5. The van der Waals surface area contributed by atoms with Gasteiger partial charge in [-0.1, -0.05) is 36.4 Å². The van der Waals surface area contributed by atoms with E-state index in [9.17, 15) is 0 Å². The van der Waals surface area contributed by atoms with Gasteiger partial charge in [0.1, 0.15) is 0 Å². The molecule has 1 aliphatic heterocycles. The summed E-state index contributed by atoms with van der Waals surface area (Å²) < 4.78 is 19.7. The molecule has 1 aromatic heterocycles. The lowest BCUT2D eigenvalue weighted by Gasteiger charge is -2.41. The van der Waals surface area contributed by atoms with Crippen molar-refractivity contribution in [2.75, 3.05) is 21.3 Å². The molecule has 0 radical (unpaired) electrons. The van der Waals surface area contributed by atoms with Gasteiger partial charge in [0.25, 0.3) is 0 Å². The van der Waals surface area contributed by atoms with E-state index in [0.29, 0.717) is 6.42 Å². The molecular formula is C20H25N2O3Si+. The van der Waals surface area contributed by atoms with Gasteiger partial charge in [-0.15, -0.1) is 0 Å². The van der Waals surface area contributed by atoms with E-state index in [1.165, 1.54) is 5.56 Å². The average Bonchev–Trinajstić information content (AvgIpc) is 2.72. The summed E-state index contributed by atoms with van der Waals surface area (Å²) in [5, 5.41) is -0.487. The first-order chi connectivity index (χ1) is 12.7. The summed E-state index contributed by atoms with van der Waals surface area (Å²) in [7, 11) is 1.97. The zero-order valence-corrected chi connectivity index (χ0v) is 16.5. The highest BCUT2D eigenvalue weighted by Gasteiger charge is 2.59. The number of aromatic nitrogens is 1. The van der Waals surface area contributed by atoms with Crippen LogP contribution in [-0.2, 0) is 24.9 Å². The highest BCUT2D eigenvalue weighted by molar-refractivity contribution is 6.65. The first-order valence-corrected chi connectivity index (χ1v) is 10.3. The summed E-state index contributed by atoms with van der Waals surface area (Å²) in [5.74, 6) is 0. The Kier molecular flexibility index (Phi) is 5.78. The van der Waals surface area contributed by atoms with Crippen LogP contribution < -0.4 is 4.57 Å². The van der Waals surface area contributed by atoms with Gasteiger partial charge in [0, 0.05) is 57.9 Å². The lowest BCUT2D eigenvalue weighted by atomic mass is 9.94. The van der Waals surface area contributed by atoms with E-state index in [1.807, 2.05) is 18.4 Å². The number of aliphatic imine (C=N–C) groups is 1. The Balaban J connectivity index is 1.95. The van der Waals surface area contributed by atoms with Crippen molar-refractivity contribution in [1.82, 2.24) is 0 Å². The summed E-state index contributed by atoms with van der Waals surface area (Å²) in [6, 6.07) is 14.6. The molecule has 5 nitrogen and oxygen atoms in total. The molecule has 0 bridgehead atoms. The molecule has 0 aliphatic carbocycles. The van der Waals surface area contributed by atoms with E-state index >= 15 is 0 Å². The van der Waals surface area contributed by atoms with Crippen molar-refractivity contribution >= 4 is 15.0 Å². The normalized spacial score (nSPS) is 19.7. The van der Waals surface area contributed by atoms with Crippen LogP contribution in [0, 0.1) is 0 Å². The molecule has 26 heavy (non-hydrogen) atoms. The third-order valence-corrected chi connectivity index (χ3v) is 8.30. The Hall–Kier alpha value is -2.12. The molecule has 0 amide bonds. The van der Waals surface area contributed by atoms with E-state index in [1.54, 1.807) is 27.5 Å². The maximum atomic E-state index is 5.83. The molecule has 1 aliphatic rings. The number of allylic oxidation sites excluding steroid dienone is 1. The van der Waals surface area contributed by atoms with E-state index in [4.69, 9.17) is 13.3 Å². The van der Waals surface area contributed by atoms with Crippen molar-refractivity contribution in [2.24, 2.45) is 4.99 Å². The third-order valence-electron chi connectivity index (χ3n) is 4.93. The van der Waals surface area contributed by atoms with E-state index in [0.717, 1.165) is 12.1 Å². The fraction of sp³-hybridized carbons (Fsp3) is 0.300. The van der Waals surface area contributed by atoms with Gasteiger partial charge in [0.2, 0.25) is 0 Å². The Labute approximate surface area is 155 Å². The maximum Gasteiger partial charge on any atom is 0.515 e. The van der Waals surface area contributed by atoms with Crippen LogP contribution in [0.3, 0.4) is 0 Å². The van der Waals surface area contributed by atoms with Crippen LogP contribution in [0.15, 0.2) is 72.1 Å². The molecule has 0 saturated heterocycles. The third kappa shape index (κ3) is 3.28. The van der Waals surface area contributed by atoms with E-state index in [-0.39, 0.29) is 0 Å². The molecule has 1 atom stereocenters. The Morgan fingerprint density at radius 2 is 1.65 bits per heavy atom. The number of rotatable bonds is 7. The van der Waals surface area contributed by atoms with Crippen molar-refractivity contribution in [3.05, 3.63) is 78.3 Å². The number of nitrogens with zero attached hydrogens (tertiary/aromatic N) is 2. The minimum Gasteiger partial charge on any atom is -0.376 e. The molecule has 6 heteroatoms. The van der Waals surface area contributed by atoms with Crippen molar-refractivity contribution in [3.63, 3.8) is 0 Å². The predicted molar refractivity (Wildman–Crippen MR) is 103 cm³/mol. The number of hydrogen-bond acceptors (Lipinski definition) is 4. The van der Waals surface area contributed by atoms with Crippen LogP contribution in [0.2, 0.25) is 0 Å². The van der Waals surface area contributed by atoms with Gasteiger partial charge in [0.05, 0.1) is 5.04 Å². The van der Waals surface area contributed by atoms with Gasteiger partial charge in [-0.3, -0.25) is 4.99 Å². The Morgan fingerprint density at radius 3 is 2.19 bits per heavy atom. The smallest absolute Gasteiger partial charge is 0.376 e. The Bertz CT molecular complexity index is 765. The van der Waals surface area contributed by atoms with Crippen molar-refractivity contribution in [1.29, 1.82) is 0 Å². The predicted octanol–water partition coefficient (Wildman–Crippen LogP) is 2.67. The summed E-state index contributed by atoms with van der Waals surface area (Å²) in [6.45, 7) is 0.826. The molecule has 3 rings (SSSR count). The van der Waals surface area contributed by atoms with Gasteiger partial charge in [0.15, 0.2) is 18.9 Å². The SMILES string of the molecule is CO[Si](OC)(OC)C1(c2cc[n+](Cc3ccccc3)cc2)C=CN=CC1. The fourth-order valence-corrected chi connectivity index (χ4v) is 6.30. The number of hydrogen-bond donors (Lipinski definition) is 0. The second-order valence-corrected chi connectivity index (χ2v) is 9.47. The minimum absolute atomic E-state index is 0.487. The van der Waals surface area contributed by atoms with Crippen LogP contribution in [0.1, 0.15) is 17.5 Å². The number of pyridine rings is 1. The van der Waals surface area contributed by atoms with E-state index < -0.39 is 13.8 Å². The summed E-state index contributed by atoms with van der Waals surface area (Å²) in [6.07, 6.45) is 10.6. The van der Waals surface area contributed by atoms with Gasteiger partial charge in [-0.25, -0.2) is 4.57 Å². The standard InChI is InChI=1S/C20H25N2O3Si/c1-23-26(24-2,25-3)20(11-13-21-14-12-20)19-9-15-22(16-10-19)17-18-7-5-4-6-8-18/h4-11,13-16H,12,17H2,1-3H3/q+1. The Morgan fingerprint density at radius 1 is 1.00 bits per heavy atom. The minimum atomic E-state index is -2.99. The second kappa shape index (κ2) is 8.05. The van der Waals surface area contributed by atoms with Crippen molar-refractivity contribution < 1.29 is 17.8 Å².